The molecule has 0 heterocycles. The van der Waals surface area contributed by atoms with Crippen LogP contribution in [0.25, 0.3) is 0 Å². The van der Waals surface area contributed by atoms with Gasteiger partial charge in [0.15, 0.2) is 0 Å². The molecule has 0 aromatic heterocycles. The molecular weight excluding hydrogens is 177 g/mol. The van der Waals surface area contributed by atoms with Gasteiger partial charge in [0.1, 0.15) is 0 Å². The van der Waals surface area contributed by atoms with Crippen LogP contribution >= 0.6 is 7.26 Å². The van der Waals surface area contributed by atoms with Gasteiger partial charge in [-0.15, -0.1) is 0 Å². The van der Waals surface area contributed by atoms with E-state index in [9.17, 15) is 0 Å². The van der Waals surface area contributed by atoms with E-state index < -0.39 is 7.26 Å². The predicted molar refractivity (Wildman–Crippen MR) is 68.0 cm³/mol. The van der Waals surface area contributed by atoms with Crippen LogP contribution < -0.4 is 5.32 Å². The van der Waals surface area contributed by atoms with Crippen LogP contribution in [0.4, 0.5) is 0 Å². The first-order valence-corrected chi connectivity index (χ1v) is 9.01. The molecule has 1 N–H and O–H groups in total. The van der Waals surface area contributed by atoms with Gasteiger partial charge in [-0.3, -0.25) is 0 Å². The Morgan fingerprint density at radius 3 is 1.85 bits per heavy atom. The van der Waals surface area contributed by atoms with Crippen molar-refractivity contribution in [3.63, 3.8) is 0 Å². The summed E-state index contributed by atoms with van der Waals surface area (Å²) in [5.41, 5.74) is 0. The zero-order valence-electron chi connectivity index (χ0n) is 9.95. The van der Waals surface area contributed by atoms with Crippen molar-refractivity contribution in [1.29, 1.82) is 0 Å². The second-order valence-electron chi connectivity index (χ2n) is 4.41. The normalized spacial score (nSPS) is 13.2. The fourth-order valence-electron chi connectivity index (χ4n) is 2.15. The van der Waals surface area contributed by atoms with Crippen molar-refractivity contribution in [3.05, 3.63) is 0 Å². The van der Waals surface area contributed by atoms with E-state index in [4.69, 9.17) is 0 Å². The van der Waals surface area contributed by atoms with Crippen molar-refractivity contribution in [2.45, 2.75) is 33.6 Å². The first-order chi connectivity index (χ1) is 6.18. The SMILES string of the molecule is CCC[PH](C)(CCC)CCNCC. The maximum atomic E-state index is 3.46. The van der Waals surface area contributed by atoms with Crippen LogP contribution in [0.1, 0.15) is 33.6 Å². The number of nitrogens with one attached hydrogen (secondary N) is 1. The summed E-state index contributed by atoms with van der Waals surface area (Å²) in [6.07, 6.45) is 7.28. The van der Waals surface area contributed by atoms with E-state index in [1.807, 2.05) is 0 Å². The number of hydrogen-bond donors (Lipinski definition) is 1. The van der Waals surface area contributed by atoms with Crippen molar-refractivity contribution in [2.75, 3.05) is 38.2 Å². The Bertz CT molecular complexity index is 109. The summed E-state index contributed by atoms with van der Waals surface area (Å²) in [4.78, 5) is 0. The third-order valence-corrected chi connectivity index (χ3v) is 7.73. The van der Waals surface area contributed by atoms with E-state index in [1.165, 1.54) is 37.9 Å². The van der Waals surface area contributed by atoms with Gasteiger partial charge >= 0.3 is 84.4 Å². The Morgan fingerprint density at radius 2 is 1.46 bits per heavy atom. The predicted octanol–water partition coefficient (Wildman–Crippen LogP) is 2.80. The van der Waals surface area contributed by atoms with Gasteiger partial charge in [-0.05, 0) is 0 Å². The third-order valence-electron chi connectivity index (χ3n) is 2.86. The van der Waals surface area contributed by atoms with Crippen LogP contribution in [0.15, 0.2) is 0 Å². The molecule has 0 fully saturated rings. The Labute approximate surface area is 85.0 Å². The van der Waals surface area contributed by atoms with Crippen LogP contribution in [0.2, 0.25) is 0 Å². The van der Waals surface area contributed by atoms with Crippen LogP contribution in [-0.4, -0.2) is 38.2 Å². The third kappa shape index (κ3) is 6.46. The van der Waals surface area contributed by atoms with Gasteiger partial charge in [-0.25, -0.2) is 0 Å². The first-order valence-electron chi connectivity index (χ1n) is 5.89. The van der Waals surface area contributed by atoms with E-state index in [0.717, 1.165) is 6.54 Å². The van der Waals surface area contributed by atoms with Crippen molar-refractivity contribution in [3.8, 4) is 0 Å². The van der Waals surface area contributed by atoms with E-state index in [-0.39, 0.29) is 0 Å². The second kappa shape index (κ2) is 7.76. The molecule has 1 nitrogen and oxygen atoms in total. The van der Waals surface area contributed by atoms with Gasteiger partial charge in [0.2, 0.25) is 0 Å². The minimum absolute atomic E-state index is 0.849. The molecule has 0 amide bonds. The number of hydrogen-bond acceptors (Lipinski definition) is 1. The van der Waals surface area contributed by atoms with Crippen LogP contribution in [-0.2, 0) is 0 Å². The molecule has 2 heteroatoms. The van der Waals surface area contributed by atoms with Crippen molar-refractivity contribution >= 4 is 7.26 Å². The maximum absolute atomic E-state index is 3.46. The molecule has 0 bridgehead atoms. The summed E-state index contributed by atoms with van der Waals surface area (Å²) >= 11 is 0. The van der Waals surface area contributed by atoms with Crippen LogP contribution in [0.5, 0.6) is 0 Å². The molecule has 0 saturated heterocycles. The topological polar surface area (TPSA) is 12.0 Å². The van der Waals surface area contributed by atoms with E-state index in [1.54, 1.807) is 0 Å². The fraction of sp³-hybridized carbons (Fsp3) is 1.00. The molecule has 0 aliphatic rings. The van der Waals surface area contributed by atoms with Crippen molar-refractivity contribution in [1.82, 2.24) is 5.32 Å². The molecular formula is C11H28NP. The summed E-state index contributed by atoms with van der Waals surface area (Å²) in [6, 6.07) is 0. The average molecular weight is 205 g/mol. The summed E-state index contributed by atoms with van der Waals surface area (Å²) in [7, 11) is -0.849. The zero-order valence-corrected chi connectivity index (χ0v) is 10.9. The van der Waals surface area contributed by atoms with E-state index >= 15 is 0 Å². The van der Waals surface area contributed by atoms with Gasteiger partial charge < -0.3 is 0 Å². The molecule has 0 aliphatic heterocycles. The van der Waals surface area contributed by atoms with Gasteiger partial charge in [0, 0.05) is 0 Å². The number of rotatable bonds is 8. The molecule has 0 rings (SSSR count). The van der Waals surface area contributed by atoms with Gasteiger partial charge in [-0.2, -0.15) is 0 Å². The Hall–Kier alpha value is 0.390. The first kappa shape index (κ1) is 13.4. The Balaban J connectivity index is 3.76. The second-order valence-corrected chi connectivity index (χ2v) is 9.54. The molecule has 13 heavy (non-hydrogen) atoms. The van der Waals surface area contributed by atoms with Crippen molar-refractivity contribution in [2.24, 2.45) is 0 Å². The van der Waals surface area contributed by atoms with Gasteiger partial charge in [0.05, 0.1) is 0 Å². The summed E-state index contributed by atoms with van der Waals surface area (Å²) in [5, 5.41) is 3.46. The Morgan fingerprint density at radius 1 is 0.923 bits per heavy atom. The van der Waals surface area contributed by atoms with Crippen molar-refractivity contribution < 1.29 is 0 Å². The van der Waals surface area contributed by atoms with Gasteiger partial charge in [-0.1, -0.05) is 0 Å². The fourth-order valence-corrected chi connectivity index (χ4v) is 6.09. The van der Waals surface area contributed by atoms with Crippen LogP contribution in [0.3, 0.4) is 0 Å². The molecule has 0 spiro atoms. The Kier molecular flexibility index (Phi) is 8.00. The monoisotopic (exact) mass is 205 g/mol. The molecule has 82 valence electrons. The molecule has 0 aromatic rings. The molecule has 0 radical (unpaired) electrons. The molecule has 0 aliphatic carbocycles. The van der Waals surface area contributed by atoms with Crippen LogP contribution in [0, 0.1) is 0 Å². The standard InChI is InChI=1S/C11H28NP/c1-5-9-13(4,10-6-2)11-8-12-7-3/h12-13H,5-11H2,1-4H3. The summed E-state index contributed by atoms with van der Waals surface area (Å²) in [6.45, 7) is 11.8. The molecule has 0 saturated carbocycles. The molecule has 0 aromatic carbocycles. The zero-order chi connectivity index (χ0) is 10.2. The molecule has 0 unspecified atom stereocenters. The minimum atomic E-state index is -0.849. The average Bonchev–Trinajstić information content (AvgIpc) is 2.05. The summed E-state index contributed by atoms with van der Waals surface area (Å²) < 4.78 is 0. The van der Waals surface area contributed by atoms with Gasteiger partial charge in [0.25, 0.3) is 0 Å². The molecule has 0 atom stereocenters. The quantitative estimate of drug-likeness (QED) is 0.474. The van der Waals surface area contributed by atoms with E-state index in [2.05, 4.69) is 32.8 Å². The van der Waals surface area contributed by atoms with E-state index in [0.29, 0.717) is 0 Å². The summed E-state index contributed by atoms with van der Waals surface area (Å²) in [5.74, 6) is 0.